The minimum Gasteiger partial charge on any atom is -0.456 e. The van der Waals surface area contributed by atoms with Crippen LogP contribution in [0.2, 0.25) is 18.1 Å². The molecule has 1 saturated heterocycles. The maximum absolute atomic E-state index is 11.9. The molecule has 1 heterocycles. The lowest BCUT2D eigenvalue weighted by Crippen LogP contribution is -2.63. The molecule has 10 nitrogen and oxygen atoms in total. The van der Waals surface area contributed by atoms with Crippen molar-refractivity contribution in [3.63, 3.8) is 0 Å². The number of esters is 3. The molecule has 34 heavy (non-hydrogen) atoms. The molecule has 14 heteroatoms. The van der Waals surface area contributed by atoms with Crippen LogP contribution in [0.25, 0.3) is 0 Å². The first-order chi connectivity index (χ1) is 15.3. The van der Waals surface area contributed by atoms with Crippen LogP contribution in [0, 0.1) is 5.41 Å². The van der Waals surface area contributed by atoms with Gasteiger partial charge in [0.15, 0.2) is 20.5 Å². The second-order valence-corrected chi connectivity index (χ2v) is 16.4. The smallest absolute Gasteiger partial charge is 0.303 e. The number of hydrogen-bond donors (Lipinski definition) is 1. The summed E-state index contributed by atoms with van der Waals surface area (Å²) in [5, 5.41) is 7.76. The first-order valence-electron chi connectivity index (χ1n) is 10.4. The standard InChI is InChI=1S/C20H32Cl3NO9Si/c1-10(25)29-14-13(9-28-34(7,8)19(4,5)6)32-17(33-18(24)20(21,22)23)16(31-12(3)27)15(14)30-11(2)26/h13-17,24H,9H2,1-8H3/t13-,14+,15+,16-,17-/m1/s1. The van der Waals surface area contributed by atoms with Crippen molar-refractivity contribution < 1.29 is 42.5 Å². The summed E-state index contributed by atoms with van der Waals surface area (Å²) in [6, 6.07) is 0. The molecule has 1 rings (SSSR count). The molecule has 0 spiro atoms. The summed E-state index contributed by atoms with van der Waals surface area (Å²) in [6.07, 6.45) is -6.63. The van der Waals surface area contributed by atoms with E-state index in [1.807, 2.05) is 33.9 Å². The third-order valence-corrected chi connectivity index (χ3v) is 10.4. The van der Waals surface area contributed by atoms with E-state index in [0.29, 0.717) is 0 Å². The Kier molecular flexibility index (Phi) is 10.7. The molecule has 196 valence electrons. The Balaban J connectivity index is 3.45. The quantitative estimate of drug-likeness (QED) is 0.122. The molecular weight excluding hydrogens is 533 g/mol. The van der Waals surface area contributed by atoms with Crippen molar-refractivity contribution >= 4 is 66.9 Å². The van der Waals surface area contributed by atoms with Gasteiger partial charge in [-0.3, -0.25) is 19.8 Å². The van der Waals surface area contributed by atoms with Crippen molar-refractivity contribution in [2.45, 2.75) is 94.2 Å². The fourth-order valence-corrected chi connectivity index (χ4v) is 3.92. The topological polar surface area (TPSA) is 130 Å². The van der Waals surface area contributed by atoms with E-state index in [1.165, 1.54) is 6.92 Å². The van der Waals surface area contributed by atoms with Crippen LogP contribution in [-0.2, 0) is 42.5 Å². The highest BCUT2D eigenvalue weighted by atomic mass is 35.6. The van der Waals surface area contributed by atoms with Crippen LogP contribution in [0.4, 0.5) is 0 Å². The van der Waals surface area contributed by atoms with Crippen LogP contribution < -0.4 is 0 Å². The Morgan fingerprint density at radius 1 is 0.853 bits per heavy atom. The van der Waals surface area contributed by atoms with Crippen LogP contribution >= 0.6 is 34.8 Å². The lowest BCUT2D eigenvalue weighted by molar-refractivity contribution is -0.290. The van der Waals surface area contributed by atoms with Crippen LogP contribution in [0.5, 0.6) is 0 Å². The van der Waals surface area contributed by atoms with Crippen LogP contribution in [0.3, 0.4) is 0 Å². The fraction of sp³-hybridized carbons (Fsp3) is 0.800. The van der Waals surface area contributed by atoms with Gasteiger partial charge in [-0.25, -0.2) is 0 Å². The molecule has 1 fully saturated rings. The maximum Gasteiger partial charge on any atom is 0.303 e. The van der Waals surface area contributed by atoms with Gasteiger partial charge in [-0.1, -0.05) is 55.6 Å². The molecule has 0 aromatic heterocycles. The van der Waals surface area contributed by atoms with Crippen LogP contribution in [0.1, 0.15) is 41.5 Å². The normalized spacial score (nSPS) is 25.8. The number of ether oxygens (including phenoxy) is 5. The lowest BCUT2D eigenvalue weighted by Gasteiger charge is -2.45. The molecule has 1 aliphatic rings. The Bertz CT molecular complexity index is 782. The summed E-state index contributed by atoms with van der Waals surface area (Å²) in [4.78, 5) is 35.6. The highest BCUT2D eigenvalue weighted by Gasteiger charge is 2.54. The first-order valence-corrected chi connectivity index (χ1v) is 14.4. The van der Waals surface area contributed by atoms with E-state index >= 15 is 0 Å². The Morgan fingerprint density at radius 2 is 1.29 bits per heavy atom. The number of halogens is 3. The van der Waals surface area contributed by atoms with Gasteiger partial charge in [0.25, 0.3) is 3.79 Å². The summed E-state index contributed by atoms with van der Waals surface area (Å²) < 4.78 is 31.3. The van der Waals surface area contributed by atoms with Crippen molar-refractivity contribution in [2.75, 3.05) is 6.61 Å². The highest BCUT2D eigenvalue weighted by molar-refractivity contribution is 6.76. The molecule has 0 aromatic carbocycles. The third kappa shape index (κ3) is 8.83. The molecule has 0 unspecified atom stereocenters. The molecule has 0 amide bonds. The number of carbonyl (C=O) groups is 3. The number of rotatable bonds is 7. The molecule has 0 bridgehead atoms. The SMILES string of the molecule is CC(=O)O[C@H]1[C@@H](OC(C)=O)[C@@H](CO[Si](C)(C)C(C)(C)C)O[C@H](OC(=N)C(Cl)(Cl)Cl)[C@@H]1OC(C)=O. The monoisotopic (exact) mass is 563 g/mol. The van der Waals surface area contributed by atoms with Gasteiger partial charge in [-0.15, -0.1) is 0 Å². The number of nitrogens with one attached hydrogen (secondary N) is 1. The van der Waals surface area contributed by atoms with Gasteiger partial charge in [-0.2, -0.15) is 0 Å². The minimum atomic E-state index is -2.30. The van der Waals surface area contributed by atoms with E-state index in [1.54, 1.807) is 0 Å². The van der Waals surface area contributed by atoms with Crippen molar-refractivity contribution in [2.24, 2.45) is 0 Å². The largest absolute Gasteiger partial charge is 0.456 e. The van der Waals surface area contributed by atoms with E-state index in [-0.39, 0.29) is 11.6 Å². The first kappa shape index (κ1) is 30.9. The lowest BCUT2D eigenvalue weighted by atomic mass is 9.98. The van der Waals surface area contributed by atoms with E-state index in [4.69, 9.17) is 68.3 Å². The molecule has 1 aliphatic heterocycles. The average Bonchev–Trinajstić information content (AvgIpc) is 2.62. The third-order valence-electron chi connectivity index (χ3n) is 5.40. The molecule has 0 aromatic rings. The Morgan fingerprint density at radius 3 is 1.71 bits per heavy atom. The maximum atomic E-state index is 11.9. The van der Waals surface area contributed by atoms with Crippen molar-refractivity contribution in [1.82, 2.24) is 0 Å². The van der Waals surface area contributed by atoms with Gasteiger partial charge in [0, 0.05) is 20.8 Å². The van der Waals surface area contributed by atoms with E-state index in [9.17, 15) is 14.4 Å². The van der Waals surface area contributed by atoms with Gasteiger partial charge in [-0.05, 0) is 18.1 Å². The molecular formula is C20H32Cl3NO9Si. The van der Waals surface area contributed by atoms with E-state index in [0.717, 1.165) is 13.8 Å². The van der Waals surface area contributed by atoms with Gasteiger partial charge in [0.05, 0.1) is 6.61 Å². The van der Waals surface area contributed by atoms with Crippen molar-refractivity contribution in [1.29, 1.82) is 5.41 Å². The second-order valence-electron chi connectivity index (χ2n) is 9.28. The fourth-order valence-electron chi connectivity index (χ4n) is 2.77. The Labute approximate surface area is 215 Å². The molecule has 0 radical (unpaired) electrons. The summed E-state index contributed by atoms with van der Waals surface area (Å²) in [5.41, 5.74) is 0. The average molecular weight is 565 g/mol. The second kappa shape index (κ2) is 11.7. The zero-order valence-electron chi connectivity index (χ0n) is 20.4. The van der Waals surface area contributed by atoms with Gasteiger partial charge in [0.1, 0.15) is 6.10 Å². The number of alkyl halides is 3. The van der Waals surface area contributed by atoms with Gasteiger partial charge >= 0.3 is 17.9 Å². The predicted molar refractivity (Wildman–Crippen MR) is 128 cm³/mol. The molecule has 0 saturated carbocycles. The molecule has 1 N–H and O–H groups in total. The van der Waals surface area contributed by atoms with Crippen LogP contribution in [-0.4, -0.2) is 73.2 Å². The summed E-state index contributed by atoms with van der Waals surface area (Å²) in [7, 11) is -2.30. The molecule has 0 aliphatic carbocycles. The summed E-state index contributed by atoms with van der Waals surface area (Å²) in [5.74, 6) is -3.05. The van der Waals surface area contributed by atoms with Crippen molar-refractivity contribution in [3.05, 3.63) is 0 Å². The summed E-state index contributed by atoms with van der Waals surface area (Å²) >= 11 is 17.2. The zero-order valence-corrected chi connectivity index (χ0v) is 23.7. The Hall–Kier alpha value is -1.11. The predicted octanol–water partition coefficient (Wildman–Crippen LogP) is 3.89. The zero-order chi connectivity index (χ0) is 26.6. The highest BCUT2D eigenvalue weighted by Crippen LogP contribution is 2.38. The minimum absolute atomic E-state index is 0.0834. The molecule has 5 atom stereocenters. The summed E-state index contributed by atoms with van der Waals surface area (Å²) in [6.45, 7) is 13.5. The van der Waals surface area contributed by atoms with Gasteiger partial charge in [0.2, 0.25) is 18.3 Å². The van der Waals surface area contributed by atoms with Crippen molar-refractivity contribution in [3.8, 4) is 0 Å². The van der Waals surface area contributed by atoms with Gasteiger partial charge < -0.3 is 28.1 Å². The number of hydrogen-bond acceptors (Lipinski definition) is 10. The van der Waals surface area contributed by atoms with E-state index in [2.05, 4.69) is 0 Å². The van der Waals surface area contributed by atoms with Crippen LogP contribution in [0.15, 0.2) is 0 Å². The van der Waals surface area contributed by atoms with E-state index < -0.39 is 66.6 Å². The number of carbonyl (C=O) groups excluding carboxylic acids is 3.